The molecule has 0 bridgehead atoms. The average molecular weight is 420 g/mol. The van der Waals surface area contributed by atoms with Crippen LogP contribution in [0, 0.1) is 0 Å². The van der Waals surface area contributed by atoms with Crippen molar-refractivity contribution in [3.05, 3.63) is 57.5 Å². The van der Waals surface area contributed by atoms with Crippen molar-refractivity contribution in [1.82, 2.24) is 29.5 Å². The quantitative estimate of drug-likeness (QED) is 0.423. The van der Waals surface area contributed by atoms with E-state index in [1.165, 1.54) is 4.52 Å². The summed E-state index contributed by atoms with van der Waals surface area (Å²) in [6.45, 7) is 0. The average Bonchev–Trinajstić information content (AvgIpc) is 3.37. The van der Waals surface area contributed by atoms with E-state index in [2.05, 4.69) is 30.0 Å². The van der Waals surface area contributed by atoms with Crippen LogP contribution < -0.4 is 26.2 Å². The molecule has 1 aliphatic rings. The Hall–Kier alpha value is -4.15. The Balaban J connectivity index is 1.65. The van der Waals surface area contributed by atoms with Crippen molar-refractivity contribution in [3.8, 4) is 17.6 Å². The highest BCUT2D eigenvalue weighted by atomic mass is 16.5. The van der Waals surface area contributed by atoms with Crippen molar-refractivity contribution in [1.29, 1.82) is 0 Å². The van der Waals surface area contributed by atoms with Gasteiger partial charge in [-0.2, -0.15) is 19.6 Å². The summed E-state index contributed by atoms with van der Waals surface area (Å²) in [7, 11) is 3.90. The summed E-state index contributed by atoms with van der Waals surface area (Å²) in [6, 6.07) is 7.91. The third-order valence-corrected chi connectivity index (χ3v) is 4.78. The first-order chi connectivity index (χ1) is 15.0. The molecule has 1 fully saturated rings. The van der Waals surface area contributed by atoms with E-state index < -0.39 is 5.69 Å². The fourth-order valence-electron chi connectivity index (χ4n) is 3.04. The highest BCUT2D eigenvalue weighted by Crippen LogP contribution is 2.24. The summed E-state index contributed by atoms with van der Waals surface area (Å²) in [4.78, 5) is 31.8. The van der Waals surface area contributed by atoms with Gasteiger partial charge in [0.25, 0.3) is 5.62 Å². The monoisotopic (exact) mass is 420 g/mol. The first-order valence-electron chi connectivity index (χ1n) is 9.74. The van der Waals surface area contributed by atoms with Gasteiger partial charge in [0.1, 0.15) is 11.4 Å². The zero-order valence-electron chi connectivity index (χ0n) is 16.9. The van der Waals surface area contributed by atoms with Crippen LogP contribution in [0.15, 0.2) is 40.2 Å². The van der Waals surface area contributed by atoms with Gasteiger partial charge in [0.15, 0.2) is 5.65 Å². The Kier molecular flexibility index (Phi) is 4.42. The lowest BCUT2D eigenvalue weighted by Crippen LogP contribution is -2.23. The van der Waals surface area contributed by atoms with Crippen LogP contribution in [0.1, 0.15) is 18.5 Å². The topological polar surface area (TPSA) is 137 Å². The Morgan fingerprint density at radius 1 is 1.29 bits per heavy atom. The molecule has 5 rings (SSSR count). The van der Waals surface area contributed by atoms with Gasteiger partial charge in [-0.25, -0.2) is 9.79 Å². The van der Waals surface area contributed by atoms with Gasteiger partial charge in [-0.3, -0.25) is 4.98 Å². The Morgan fingerprint density at radius 3 is 2.84 bits per heavy atom. The van der Waals surface area contributed by atoms with Crippen molar-refractivity contribution < 1.29 is 9.84 Å². The Morgan fingerprint density at radius 2 is 2.13 bits per heavy atom. The van der Waals surface area contributed by atoms with Gasteiger partial charge in [-0.15, -0.1) is 0 Å². The van der Waals surface area contributed by atoms with E-state index in [0.717, 1.165) is 18.5 Å². The van der Waals surface area contributed by atoms with E-state index in [4.69, 9.17) is 4.74 Å². The van der Waals surface area contributed by atoms with E-state index in [1.807, 2.05) is 43.3 Å². The number of hydrogen-bond donors (Lipinski definition) is 3. The van der Waals surface area contributed by atoms with Gasteiger partial charge in [-0.05, 0) is 31.1 Å². The summed E-state index contributed by atoms with van der Waals surface area (Å²) < 4.78 is 7.47. The van der Waals surface area contributed by atoms with Crippen LogP contribution in [0.5, 0.6) is 17.6 Å². The normalized spacial score (nSPS) is 15.0. The lowest BCUT2D eigenvalue weighted by Gasteiger charge is -2.13. The van der Waals surface area contributed by atoms with Crippen LogP contribution in [0.2, 0.25) is 0 Å². The van der Waals surface area contributed by atoms with Crippen molar-refractivity contribution in [2.45, 2.75) is 18.9 Å². The largest absolute Gasteiger partial charge is 0.493 e. The minimum atomic E-state index is -0.510. The van der Waals surface area contributed by atoms with Gasteiger partial charge in [-0.1, -0.05) is 6.07 Å². The summed E-state index contributed by atoms with van der Waals surface area (Å²) in [5.41, 5.74) is 1.52. The standard InChI is InChI=1S/C20H20N8O3/c1-27(2)13-4-3-5-14(9-13)31-20-24-16-11(8-15-17(29)25-19(30)23-15)10-21-28(16)18(26-20)22-12-6-7-12/h3-5,8-10,12,29H,6-7H2,1-2H3,(H2,23,25,30)/b11-8+,22-18?. The van der Waals surface area contributed by atoms with Gasteiger partial charge in [0, 0.05) is 31.1 Å². The van der Waals surface area contributed by atoms with E-state index >= 15 is 0 Å². The number of hydrogen-bond acceptors (Lipinski definition) is 8. The predicted molar refractivity (Wildman–Crippen MR) is 112 cm³/mol. The molecule has 0 amide bonds. The van der Waals surface area contributed by atoms with Crippen molar-refractivity contribution in [3.63, 3.8) is 0 Å². The molecule has 3 heterocycles. The molecule has 0 atom stereocenters. The summed E-state index contributed by atoms with van der Waals surface area (Å²) in [6.07, 6.45) is 5.15. The van der Waals surface area contributed by atoms with Gasteiger partial charge in [0.2, 0.25) is 5.88 Å². The SMILES string of the molecule is CN(C)c1cccc(Oc2nc(=NC3CC3)n3nc/c(=C\c4[nH]c(=O)[nH]c4O)c3n2)c1. The van der Waals surface area contributed by atoms with E-state index in [1.54, 1.807) is 12.3 Å². The highest BCUT2D eigenvalue weighted by molar-refractivity contribution is 5.56. The molecule has 0 radical (unpaired) electrons. The molecule has 1 aromatic carbocycles. The fourth-order valence-corrected chi connectivity index (χ4v) is 3.04. The fraction of sp³-hybridized carbons (Fsp3) is 0.250. The summed E-state index contributed by atoms with van der Waals surface area (Å²) >= 11 is 0. The minimum Gasteiger partial charge on any atom is -0.493 e. The third-order valence-electron chi connectivity index (χ3n) is 4.78. The second-order valence-corrected chi connectivity index (χ2v) is 7.48. The summed E-state index contributed by atoms with van der Waals surface area (Å²) in [5.74, 6) is 0.323. The van der Waals surface area contributed by atoms with E-state index in [0.29, 0.717) is 22.2 Å². The molecular formula is C20H20N8O3. The lowest BCUT2D eigenvalue weighted by atomic mass is 10.3. The van der Waals surface area contributed by atoms with E-state index in [-0.39, 0.29) is 23.6 Å². The number of benzene rings is 1. The molecule has 0 aliphatic heterocycles. The number of anilines is 1. The molecule has 3 N–H and O–H groups in total. The molecule has 11 nitrogen and oxygen atoms in total. The first-order valence-corrected chi connectivity index (χ1v) is 9.74. The maximum absolute atomic E-state index is 11.4. The van der Waals surface area contributed by atoms with E-state index in [9.17, 15) is 9.90 Å². The maximum atomic E-state index is 11.4. The molecule has 0 spiro atoms. The number of aromatic hydroxyl groups is 1. The second-order valence-electron chi connectivity index (χ2n) is 7.48. The molecule has 3 aromatic heterocycles. The predicted octanol–water partition coefficient (Wildman–Crippen LogP) is 0.315. The molecule has 0 saturated heterocycles. The van der Waals surface area contributed by atoms with Crippen LogP contribution >= 0.6 is 0 Å². The first kappa shape index (κ1) is 18.9. The number of imidazole rings is 1. The Bertz CT molecular complexity index is 1450. The molecule has 158 valence electrons. The van der Waals surface area contributed by atoms with Crippen molar-refractivity contribution in [2.75, 3.05) is 19.0 Å². The molecular weight excluding hydrogens is 400 g/mol. The number of nitrogens with one attached hydrogen (secondary N) is 2. The maximum Gasteiger partial charge on any atom is 0.327 e. The van der Waals surface area contributed by atoms with Crippen molar-refractivity contribution >= 4 is 17.4 Å². The zero-order chi connectivity index (χ0) is 21.5. The van der Waals surface area contributed by atoms with Crippen LogP contribution in [0.3, 0.4) is 0 Å². The van der Waals surface area contributed by atoms with Gasteiger partial charge < -0.3 is 19.7 Å². The molecule has 4 aromatic rings. The number of rotatable bonds is 5. The van der Waals surface area contributed by atoms with Crippen LogP contribution in [-0.4, -0.2) is 54.8 Å². The lowest BCUT2D eigenvalue weighted by molar-refractivity contribution is 0.435. The number of nitrogens with zero attached hydrogens (tertiary/aromatic N) is 6. The van der Waals surface area contributed by atoms with Crippen LogP contribution in [0.25, 0.3) is 11.7 Å². The van der Waals surface area contributed by atoms with Gasteiger partial charge >= 0.3 is 11.7 Å². The molecule has 1 saturated carbocycles. The zero-order valence-corrected chi connectivity index (χ0v) is 16.9. The minimum absolute atomic E-state index is 0.129. The Labute approximate surface area is 175 Å². The molecule has 0 unspecified atom stereocenters. The number of fused-ring (bicyclic) bond motifs is 1. The highest BCUT2D eigenvalue weighted by Gasteiger charge is 2.21. The van der Waals surface area contributed by atoms with Gasteiger partial charge in [0.05, 0.1) is 12.2 Å². The smallest absolute Gasteiger partial charge is 0.327 e. The van der Waals surface area contributed by atoms with Crippen LogP contribution in [0.4, 0.5) is 5.69 Å². The third kappa shape index (κ3) is 3.84. The molecule has 1 aliphatic carbocycles. The second kappa shape index (κ2) is 7.27. The number of aromatic nitrogens is 6. The molecule has 11 heteroatoms. The van der Waals surface area contributed by atoms with Crippen LogP contribution in [-0.2, 0) is 0 Å². The molecule has 31 heavy (non-hydrogen) atoms. The number of aromatic amines is 2. The number of H-pyrrole nitrogens is 2. The van der Waals surface area contributed by atoms with Crippen molar-refractivity contribution in [2.24, 2.45) is 4.99 Å². The summed E-state index contributed by atoms with van der Waals surface area (Å²) in [5, 5.41) is 14.8. The number of ether oxygens (including phenoxy) is 1.